The quantitative estimate of drug-likeness (QED) is 0.754. The third kappa shape index (κ3) is 3.81. The van der Waals surface area contributed by atoms with Gasteiger partial charge in [0, 0.05) is 6.92 Å². The fraction of sp³-hybridized carbons (Fsp3) is 0.833. The van der Waals surface area contributed by atoms with Crippen LogP contribution in [0, 0.1) is 12.8 Å². The predicted octanol–water partition coefficient (Wildman–Crippen LogP) is 3.58. The molecule has 0 saturated heterocycles. The molecule has 1 saturated carbocycles. The second-order valence-electron chi connectivity index (χ2n) is 4.59. The first-order valence-corrected chi connectivity index (χ1v) is 7.37. The van der Waals surface area contributed by atoms with Gasteiger partial charge in [-0.05, 0) is 24.5 Å². The van der Waals surface area contributed by atoms with E-state index in [0.29, 0.717) is 5.89 Å². The van der Waals surface area contributed by atoms with Crippen LogP contribution in [0.1, 0.15) is 50.3 Å². The van der Waals surface area contributed by atoms with Crippen molar-refractivity contribution in [2.75, 3.05) is 5.75 Å². The molecule has 0 amide bonds. The fourth-order valence-electron chi connectivity index (χ4n) is 2.24. The molecule has 1 aliphatic carbocycles. The molecule has 16 heavy (non-hydrogen) atoms. The summed E-state index contributed by atoms with van der Waals surface area (Å²) in [6.45, 7) is 1.84. The molecule has 3 nitrogen and oxygen atoms in total. The van der Waals surface area contributed by atoms with E-state index >= 15 is 0 Å². The highest BCUT2D eigenvalue weighted by molar-refractivity contribution is 7.98. The van der Waals surface area contributed by atoms with Gasteiger partial charge in [0.1, 0.15) is 0 Å². The Morgan fingerprint density at radius 1 is 1.19 bits per heavy atom. The minimum Gasteiger partial charge on any atom is -0.425 e. The van der Waals surface area contributed by atoms with E-state index in [0.717, 1.165) is 17.6 Å². The summed E-state index contributed by atoms with van der Waals surface area (Å²) in [6, 6.07) is 0. The molecule has 2 rings (SSSR count). The molecule has 4 heteroatoms. The average molecular weight is 240 g/mol. The van der Waals surface area contributed by atoms with Crippen LogP contribution in [0.3, 0.4) is 0 Å². The highest BCUT2D eigenvalue weighted by Crippen LogP contribution is 2.26. The molecule has 90 valence electrons. The van der Waals surface area contributed by atoms with Gasteiger partial charge in [-0.2, -0.15) is 11.8 Å². The van der Waals surface area contributed by atoms with Crippen LogP contribution >= 0.6 is 11.8 Å². The van der Waals surface area contributed by atoms with Crippen LogP contribution in [0.15, 0.2) is 4.42 Å². The SMILES string of the molecule is Cc1nnc(CSCC2CCCCCC2)o1. The molecule has 1 heterocycles. The Labute approximate surface area is 101 Å². The third-order valence-corrected chi connectivity index (χ3v) is 4.28. The van der Waals surface area contributed by atoms with E-state index in [1.165, 1.54) is 44.3 Å². The molecule has 0 unspecified atom stereocenters. The summed E-state index contributed by atoms with van der Waals surface area (Å²) in [4.78, 5) is 0. The maximum absolute atomic E-state index is 5.35. The Balaban J connectivity index is 1.67. The third-order valence-electron chi connectivity index (χ3n) is 3.12. The molecule has 1 aromatic rings. The monoisotopic (exact) mass is 240 g/mol. The van der Waals surface area contributed by atoms with Crippen LogP contribution in [0.25, 0.3) is 0 Å². The largest absolute Gasteiger partial charge is 0.425 e. The molecule has 0 spiro atoms. The van der Waals surface area contributed by atoms with Crippen molar-refractivity contribution in [1.29, 1.82) is 0 Å². The van der Waals surface area contributed by atoms with Gasteiger partial charge in [-0.25, -0.2) is 0 Å². The highest BCUT2D eigenvalue weighted by atomic mass is 32.2. The Morgan fingerprint density at radius 3 is 2.56 bits per heavy atom. The van der Waals surface area contributed by atoms with Gasteiger partial charge in [-0.15, -0.1) is 10.2 Å². The first-order chi connectivity index (χ1) is 7.84. The number of hydrogen-bond acceptors (Lipinski definition) is 4. The van der Waals surface area contributed by atoms with Gasteiger partial charge in [-0.1, -0.05) is 25.7 Å². The lowest BCUT2D eigenvalue weighted by molar-refractivity contribution is 0.484. The lowest BCUT2D eigenvalue weighted by Gasteiger charge is -2.12. The van der Waals surface area contributed by atoms with E-state index < -0.39 is 0 Å². The molecular weight excluding hydrogens is 220 g/mol. The van der Waals surface area contributed by atoms with E-state index in [9.17, 15) is 0 Å². The summed E-state index contributed by atoms with van der Waals surface area (Å²) in [5.74, 6) is 4.48. The molecule has 0 N–H and O–H groups in total. The van der Waals surface area contributed by atoms with Gasteiger partial charge in [0.25, 0.3) is 0 Å². The Kier molecular flexibility index (Phi) is 4.69. The van der Waals surface area contributed by atoms with Gasteiger partial charge in [0.2, 0.25) is 11.8 Å². The number of aromatic nitrogens is 2. The average Bonchev–Trinajstić information content (AvgIpc) is 2.54. The van der Waals surface area contributed by atoms with Gasteiger partial charge in [-0.3, -0.25) is 0 Å². The number of thioether (sulfide) groups is 1. The molecular formula is C12H20N2OS. The van der Waals surface area contributed by atoms with Crippen molar-refractivity contribution >= 4 is 11.8 Å². The van der Waals surface area contributed by atoms with Crippen molar-refractivity contribution in [3.8, 4) is 0 Å². The van der Waals surface area contributed by atoms with Crippen LogP contribution in [0.2, 0.25) is 0 Å². The van der Waals surface area contributed by atoms with E-state index in [1.54, 1.807) is 0 Å². The van der Waals surface area contributed by atoms with Crippen LogP contribution in [-0.4, -0.2) is 16.0 Å². The second-order valence-corrected chi connectivity index (χ2v) is 5.62. The Hall–Kier alpha value is -0.510. The summed E-state index contributed by atoms with van der Waals surface area (Å²) < 4.78 is 5.35. The maximum Gasteiger partial charge on any atom is 0.226 e. The predicted molar refractivity (Wildman–Crippen MR) is 66.4 cm³/mol. The van der Waals surface area contributed by atoms with Crippen molar-refractivity contribution < 1.29 is 4.42 Å². The molecule has 0 atom stereocenters. The fourth-order valence-corrected chi connectivity index (χ4v) is 3.32. The Bertz CT molecular complexity index is 306. The topological polar surface area (TPSA) is 38.9 Å². The van der Waals surface area contributed by atoms with Crippen molar-refractivity contribution in [2.45, 2.75) is 51.2 Å². The zero-order chi connectivity index (χ0) is 11.2. The molecule has 1 aliphatic rings. The first kappa shape index (κ1) is 12.0. The first-order valence-electron chi connectivity index (χ1n) is 6.21. The lowest BCUT2D eigenvalue weighted by atomic mass is 10.0. The van der Waals surface area contributed by atoms with Crippen molar-refractivity contribution in [3.63, 3.8) is 0 Å². The van der Waals surface area contributed by atoms with Crippen molar-refractivity contribution in [1.82, 2.24) is 10.2 Å². The van der Waals surface area contributed by atoms with E-state index in [4.69, 9.17) is 4.42 Å². The standard InChI is InChI=1S/C12H20N2OS/c1-10-13-14-12(15-10)9-16-8-11-6-4-2-3-5-7-11/h11H,2-9H2,1H3. The normalized spacial score (nSPS) is 18.6. The minimum absolute atomic E-state index is 0.671. The molecule has 1 fully saturated rings. The molecule has 0 aromatic carbocycles. The molecule has 0 bridgehead atoms. The second kappa shape index (κ2) is 6.28. The summed E-state index contributed by atoms with van der Waals surface area (Å²) >= 11 is 1.94. The van der Waals surface area contributed by atoms with Gasteiger partial charge in [0.05, 0.1) is 5.75 Å². The maximum atomic E-state index is 5.35. The number of nitrogens with zero attached hydrogens (tertiary/aromatic N) is 2. The van der Waals surface area contributed by atoms with E-state index in [2.05, 4.69) is 10.2 Å². The van der Waals surface area contributed by atoms with Gasteiger partial charge >= 0.3 is 0 Å². The smallest absolute Gasteiger partial charge is 0.226 e. The minimum atomic E-state index is 0.671. The summed E-state index contributed by atoms with van der Waals surface area (Å²) in [7, 11) is 0. The van der Waals surface area contributed by atoms with E-state index in [-0.39, 0.29) is 0 Å². The highest BCUT2D eigenvalue weighted by Gasteiger charge is 2.12. The lowest BCUT2D eigenvalue weighted by Crippen LogP contribution is -2.02. The zero-order valence-corrected chi connectivity index (χ0v) is 10.8. The van der Waals surface area contributed by atoms with Crippen LogP contribution < -0.4 is 0 Å². The van der Waals surface area contributed by atoms with Crippen LogP contribution in [-0.2, 0) is 5.75 Å². The molecule has 0 radical (unpaired) electrons. The summed E-state index contributed by atoms with van der Waals surface area (Å²) in [6.07, 6.45) is 8.54. The van der Waals surface area contributed by atoms with E-state index in [1.807, 2.05) is 18.7 Å². The Morgan fingerprint density at radius 2 is 1.94 bits per heavy atom. The van der Waals surface area contributed by atoms with Gasteiger partial charge in [0.15, 0.2) is 0 Å². The van der Waals surface area contributed by atoms with Gasteiger partial charge < -0.3 is 4.42 Å². The molecule has 0 aliphatic heterocycles. The number of hydrogen-bond donors (Lipinski definition) is 0. The van der Waals surface area contributed by atoms with Crippen LogP contribution in [0.5, 0.6) is 0 Å². The van der Waals surface area contributed by atoms with Crippen molar-refractivity contribution in [2.24, 2.45) is 5.92 Å². The van der Waals surface area contributed by atoms with Crippen LogP contribution in [0.4, 0.5) is 0 Å². The zero-order valence-electron chi connectivity index (χ0n) is 9.95. The number of rotatable bonds is 4. The number of aryl methyl sites for hydroxylation is 1. The summed E-state index contributed by atoms with van der Waals surface area (Å²) in [5.41, 5.74) is 0. The molecule has 1 aromatic heterocycles. The summed E-state index contributed by atoms with van der Waals surface area (Å²) in [5, 5.41) is 7.85. The van der Waals surface area contributed by atoms with Crippen molar-refractivity contribution in [3.05, 3.63) is 11.8 Å².